The molecular weight excluding hydrogens is 491 g/mol. The van der Waals surface area contributed by atoms with Crippen molar-refractivity contribution in [1.29, 1.82) is 0 Å². The molecule has 3 aromatic rings. The van der Waals surface area contributed by atoms with Crippen LogP contribution in [-0.4, -0.2) is 47.4 Å². The molecule has 1 N–H and O–H groups in total. The van der Waals surface area contributed by atoms with E-state index < -0.39 is 0 Å². The molecule has 0 saturated carbocycles. The van der Waals surface area contributed by atoms with E-state index >= 15 is 0 Å². The van der Waals surface area contributed by atoms with Gasteiger partial charge in [-0.3, -0.25) is 14.5 Å². The number of carbonyl (C=O) groups is 2. The summed E-state index contributed by atoms with van der Waals surface area (Å²) >= 11 is 13.8. The fourth-order valence-electron chi connectivity index (χ4n) is 4.84. The van der Waals surface area contributed by atoms with E-state index in [0.717, 1.165) is 42.7 Å². The molecule has 34 heavy (non-hydrogen) atoms. The summed E-state index contributed by atoms with van der Waals surface area (Å²) < 4.78 is 0. The zero-order chi connectivity index (χ0) is 23.7. The van der Waals surface area contributed by atoms with Gasteiger partial charge in [-0.2, -0.15) is 0 Å². The van der Waals surface area contributed by atoms with Crippen molar-refractivity contribution in [1.82, 2.24) is 9.88 Å². The summed E-state index contributed by atoms with van der Waals surface area (Å²) in [5, 5.41) is 6.50. The number of hydrogen-bond donors (Lipinski definition) is 1. The first-order chi connectivity index (χ1) is 16.5. The van der Waals surface area contributed by atoms with Crippen molar-refractivity contribution >= 4 is 57.2 Å². The number of nitrogens with zero attached hydrogens (tertiary/aromatic N) is 3. The van der Waals surface area contributed by atoms with E-state index in [4.69, 9.17) is 23.2 Å². The minimum absolute atomic E-state index is 0.107. The highest BCUT2D eigenvalue weighted by Gasteiger charge is 2.39. The van der Waals surface area contributed by atoms with E-state index in [2.05, 4.69) is 15.2 Å². The zero-order valence-corrected chi connectivity index (χ0v) is 20.7. The van der Waals surface area contributed by atoms with Crippen molar-refractivity contribution in [3.63, 3.8) is 0 Å². The number of anilines is 2. The summed E-state index contributed by atoms with van der Waals surface area (Å²) in [5.74, 6) is 0.358. The number of nitrogens with one attached hydrogen (secondary N) is 1. The summed E-state index contributed by atoms with van der Waals surface area (Å²) in [5.41, 5.74) is 2.90. The Morgan fingerprint density at radius 3 is 2.56 bits per heavy atom. The summed E-state index contributed by atoms with van der Waals surface area (Å²) in [4.78, 5) is 33.7. The molecule has 5 rings (SSSR count). The molecule has 3 heterocycles. The minimum atomic E-state index is -0.108. The van der Waals surface area contributed by atoms with Gasteiger partial charge in [0.25, 0.3) is 0 Å². The van der Waals surface area contributed by atoms with Gasteiger partial charge in [-0.1, -0.05) is 35.3 Å². The molecule has 2 fully saturated rings. The highest BCUT2D eigenvalue weighted by Crippen LogP contribution is 2.34. The monoisotopic (exact) mass is 514 g/mol. The van der Waals surface area contributed by atoms with Crippen molar-refractivity contribution in [2.75, 3.05) is 29.9 Å². The molecule has 2 saturated heterocycles. The molecule has 0 radical (unpaired) electrons. The second kappa shape index (κ2) is 10.0. The van der Waals surface area contributed by atoms with Gasteiger partial charge in [0.1, 0.15) is 0 Å². The lowest BCUT2D eigenvalue weighted by atomic mass is 9.98. The van der Waals surface area contributed by atoms with E-state index in [0.29, 0.717) is 27.6 Å². The Bertz CT molecular complexity index is 1170. The lowest BCUT2D eigenvalue weighted by molar-refractivity contribution is -0.121. The van der Waals surface area contributed by atoms with Crippen LogP contribution in [-0.2, 0) is 16.0 Å². The normalized spacial score (nSPS) is 20.8. The van der Waals surface area contributed by atoms with Crippen LogP contribution in [0.15, 0.2) is 54.0 Å². The molecule has 1 aromatic heterocycles. The minimum Gasteiger partial charge on any atom is -0.311 e. The second-order valence-corrected chi connectivity index (χ2v) is 10.5. The summed E-state index contributed by atoms with van der Waals surface area (Å²) in [6, 6.07) is 13.3. The largest absolute Gasteiger partial charge is 0.311 e. The number of aromatic nitrogens is 1. The Kier molecular flexibility index (Phi) is 6.88. The molecule has 0 aliphatic carbocycles. The maximum Gasteiger partial charge on any atom is 0.244 e. The summed E-state index contributed by atoms with van der Waals surface area (Å²) in [6.07, 6.45) is 3.71. The lowest BCUT2D eigenvalue weighted by Gasteiger charge is -2.23. The fraction of sp³-hybridized carbons (Fsp3) is 0.320. The van der Waals surface area contributed by atoms with Gasteiger partial charge < -0.3 is 10.2 Å². The van der Waals surface area contributed by atoms with Gasteiger partial charge in [0, 0.05) is 40.4 Å². The molecular formula is C25H24Cl2N4O2S. The fourth-order valence-corrected chi connectivity index (χ4v) is 5.93. The van der Waals surface area contributed by atoms with E-state index in [9.17, 15) is 9.59 Å². The molecule has 6 nitrogen and oxygen atoms in total. The molecule has 9 heteroatoms. The number of hydrogen-bond acceptors (Lipinski definition) is 5. The Balaban J connectivity index is 1.19. The van der Waals surface area contributed by atoms with Gasteiger partial charge in [-0.05, 0) is 66.8 Å². The highest BCUT2D eigenvalue weighted by atomic mass is 35.5. The standard InChI is InChI=1S/C25H24Cl2N4O2S/c26-19-12-18(13-20(27)14-19)17-5-8-30(15-17)22-6-9-31(24(22)33)21-3-1-16(2-4-21)11-23(32)29-25-28-7-10-34-25/h1-4,7,10,12-14,17,22H,5-6,8-9,11,15H2,(H,28,29,32)/t17-,22-/m0/s1. The van der Waals surface area contributed by atoms with Crippen LogP contribution in [0.25, 0.3) is 0 Å². The molecule has 0 unspecified atom stereocenters. The Morgan fingerprint density at radius 1 is 1.09 bits per heavy atom. The van der Waals surface area contributed by atoms with Crippen molar-refractivity contribution in [2.45, 2.75) is 31.2 Å². The molecule has 2 aliphatic heterocycles. The summed E-state index contributed by atoms with van der Waals surface area (Å²) in [7, 11) is 0. The third-order valence-corrected chi connectivity index (χ3v) is 7.61. The zero-order valence-electron chi connectivity index (χ0n) is 18.4. The Morgan fingerprint density at radius 2 is 1.85 bits per heavy atom. The van der Waals surface area contributed by atoms with Crippen LogP contribution >= 0.6 is 34.5 Å². The molecule has 2 amide bonds. The van der Waals surface area contributed by atoms with Gasteiger partial charge in [-0.25, -0.2) is 4.98 Å². The number of halogens is 2. The van der Waals surface area contributed by atoms with Crippen LogP contribution in [0.2, 0.25) is 10.0 Å². The van der Waals surface area contributed by atoms with Crippen LogP contribution < -0.4 is 10.2 Å². The number of likely N-dealkylation sites (tertiary alicyclic amines) is 1. The maximum absolute atomic E-state index is 13.3. The third kappa shape index (κ3) is 5.13. The molecule has 2 aliphatic rings. The van der Waals surface area contributed by atoms with Gasteiger partial charge in [0.05, 0.1) is 12.5 Å². The van der Waals surface area contributed by atoms with E-state index in [1.165, 1.54) is 11.3 Å². The molecule has 2 aromatic carbocycles. The van der Waals surface area contributed by atoms with Crippen molar-refractivity contribution in [3.05, 3.63) is 75.2 Å². The number of carbonyl (C=O) groups excluding carboxylic acids is 2. The van der Waals surface area contributed by atoms with Crippen LogP contribution in [0.5, 0.6) is 0 Å². The summed E-state index contributed by atoms with van der Waals surface area (Å²) in [6.45, 7) is 2.40. The molecule has 176 valence electrons. The number of benzene rings is 2. The molecule has 0 spiro atoms. The first kappa shape index (κ1) is 23.3. The highest BCUT2D eigenvalue weighted by molar-refractivity contribution is 7.13. The average Bonchev–Trinajstić information content (AvgIpc) is 3.55. The number of thiazole rings is 1. The van der Waals surface area contributed by atoms with E-state index in [1.807, 2.05) is 46.7 Å². The van der Waals surface area contributed by atoms with Crippen LogP contribution in [0, 0.1) is 0 Å². The number of rotatable bonds is 6. The van der Waals surface area contributed by atoms with Crippen molar-refractivity contribution < 1.29 is 9.59 Å². The topological polar surface area (TPSA) is 65.5 Å². The Labute approximate surface area is 212 Å². The maximum atomic E-state index is 13.3. The molecule has 2 atom stereocenters. The van der Waals surface area contributed by atoms with E-state index in [-0.39, 0.29) is 24.3 Å². The predicted octanol–water partition coefficient (Wildman–Crippen LogP) is 5.23. The van der Waals surface area contributed by atoms with Crippen molar-refractivity contribution in [2.24, 2.45) is 0 Å². The second-order valence-electron chi connectivity index (χ2n) is 8.71. The third-order valence-electron chi connectivity index (χ3n) is 6.49. The van der Waals surface area contributed by atoms with Gasteiger partial charge >= 0.3 is 0 Å². The van der Waals surface area contributed by atoms with Crippen LogP contribution in [0.1, 0.15) is 29.9 Å². The number of amides is 2. The Hall–Kier alpha value is -2.45. The average molecular weight is 515 g/mol. The van der Waals surface area contributed by atoms with Crippen LogP contribution in [0.3, 0.4) is 0 Å². The molecule has 0 bridgehead atoms. The van der Waals surface area contributed by atoms with Gasteiger partial charge in [-0.15, -0.1) is 11.3 Å². The van der Waals surface area contributed by atoms with Crippen LogP contribution in [0.4, 0.5) is 10.8 Å². The van der Waals surface area contributed by atoms with Gasteiger partial charge in [0.15, 0.2) is 5.13 Å². The predicted molar refractivity (Wildman–Crippen MR) is 137 cm³/mol. The van der Waals surface area contributed by atoms with Gasteiger partial charge in [0.2, 0.25) is 11.8 Å². The first-order valence-corrected chi connectivity index (χ1v) is 12.9. The van der Waals surface area contributed by atoms with E-state index in [1.54, 1.807) is 12.3 Å². The SMILES string of the molecule is O=C(Cc1ccc(N2CC[C@H](N3CC[C@H](c4cc(Cl)cc(Cl)c4)C3)C2=O)cc1)Nc1nccs1. The smallest absolute Gasteiger partial charge is 0.244 e. The quantitative estimate of drug-likeness (QED) is 0.489. The van der Waals surface area contributed by atoms with Crippen molar-refractivity contribution in [3.8, 4) is 0 Å². The lowest BCUT2D eigenvalue weighted by Crippen LogP contribution is -2.40. The first-order valence-electron chi connectivity index (χ1n) is 11.3.